The van der Waals surface area contributed by atoms with Crippen molar-refractivity contribution in [3.63, 3.8) is 0 Å². The third-order valence-electron chi connectivity index (χ3n) is 4.42. The van der Waals surface area contributed by atoms with E-state index in [1.807, 2.05) is 25.4 Å². The van der Waals surface area contributed by atoms with Gasteiger partial charge in [-0.15, -0.1) is 24.0 Å². The normalized spacial score (nSPS) is 19.1. The van der Waals surface area contributed by atoms with Gasteiger partial charge < -0.3 is 10.6 Å². The average molecular weight is 471 g/mol. The lowest BCUT2D eigenvalue weighted by Crippen LogP contribution is -2.39. The maximum Gasteiger partial charge on any atom is 0.191 e. The molecule has 1 saturated carbocycles. The summed E-state index contributed by atoms with van der Waals surface area (Å²) >= 11 is 5.80. The van der Waals surface area contributed by atoms with Gasteiger partial charge >= 0.3 is 0 Å². The lowest BCUT2D eigenvalue weighted by Gasteiger charge is -2.12. The van der Waals surface area contributed by atoms with E-state index in [4.69, 9.17) is 11.6 Å². The number of nitrogens with zero attached hydrogens (tertiary/aromatic N) is 2. The fourth-order valence-corrected chi connectivity index (χ4v) is 3.06. The van der Waals surface area contributed by atoms with E-state index in [1.54, 1.807) is 0 Å². The number of nitrogens with one attached hydrogen (secondary N) is 2. The summed E-state index contributed by atoms with van der Waals surface area (Å²) in [6, 6.07) is 12.9. The summed E-state index contributed by atoms with van der Waals surface area (Å²) in [5.74, 6) is 1.45. The maximum absolute atomic E-state index is 5.80. The zero-order valence-electron chi connectivity index (χ0n) is 14.5. The zero-order valence-corrected chi connectivity index (χ0v) is 17.6. The van der Waals surface area contributed by atoms with Crippen LogP contribution in [0.2, 0.25) is 5.15 Å². The summed E-state index contributed by atoms with van der Waals surface area (Å²) in [7, 11) is 1.81. The highest BCUT2D eigenvalue weighted by atomic mass is 127. The minimum absolute atomic E-state index is 0. The van der Waals surface area contributed by atoms with Crippen molar-refractivity contribution in [2.24, 2.45) is 4.99 Å². The predicted octanol–water partition coefficient (Wildman–Crippen LogP) is 3.93. The van der Waals surface area contributed by atoms with Crippen molar-refractivity contribution in [3.8, 4) is 0 Å². The molecule has 1 heterocycles. The molecule has 1 aliphatic rings. The van der Waals surface area contributed by atoms with Crippen molar-refractivity contribution < 1.29 is 0 Å². The highest BCUT2D eigenvalue weighted by molar-refractivity contribution is 14.0. The van der Waals surface area contributed by atoms with Gasteiger partial charge in [-0.2, -0.15) is 0 Å². The molecule has 1 fully saturated rings. The molecule has 0 saturated heterocycles. The van der Waals surface area contributed by atoms with Crippen LogP contribution in [0.1, 0.15) is 29.0 Å². The van der Waals surface area contributed by atoms with E-state index in [-0.39, 0.29) is 24.0 Å². The first-order valence-electron chi connectivity index (χ1n) is 8.30. The van der Waals surface area contributed by atoms with Crippen LogP contribution in [-0.4, -0.2) is 30.6 Å². The number of hydrogen-bond acceptors (Lipinski definition) is 2. The molecule has 4 nitrogen and oxygen atoms in total. The number of halogens is 2. The number of benzene rings is 1. The van der Waals surface area contributed by atoms with Crippen LogP contribution in [0.4, 0.5) is 0 Å². The molecule has 0 aliphatic heterocycles. The minimum Gasteiger partial charge on any atom is -0.356 e. The summed E-state index contributed by atoms with van der Waals surface area (Å²) < 4.78 is 0. The van der Waals surface area contributed by atoms with Gasteiger partial charge in [-0.05, 0) is 42.5 Å². The third kappa shape index (κ3) is 5.57. The van der Waals surface area contributed by atoms with Gasteiger partial charge in [0.05, 0.1) is 0 Å². The van der Waals surface area contributed by atoms with E-state index in [2.05, 4.69) is 51.8 Å². The van der Waals surface area contributed by atoms with Gasteiger partial charge in [-0.1, -0.05) is 41.9 Å². The van der Waals surface area contributed by atoms with E-state index in [1.165, 1.54) is 11.1 Å². The molecular weight excluding hydrogens is 447 g/mol. The smallest absolute Gasteiger partial charge is 0.191 e. The van der Waals surface area contributed by atoms with Gasteiger partial charge in [-0.3, -0.25) is 4.99 Å². The zero-order chi connectivity index (χ0) is 16.9. The fourth-order valence-electron chi connectivity index (χ4n) is 2.95. The molecule has 0 bridgehead atoms. The molecule has 0 spiro atoms. The second kappa shape index (κ2) is 9.38. The molecule has 1 aliphatic carbocycles. The van der Waals surface area contributed by atoms with Gasteiger partial charge in [0.15, 0.2) is 5.96 Å². The molecule has 2 atom stereocenters. The Morgan fingerprint density at radius 3 is 2.76 bits per heavy atom. The van der Waals surface area contributed by atoms with Crippen molar-refractivity contribution in [1.29, 1.82) is 0 Å². The van der Waals surface area contributed by atoms with Gasteiger partial charge in [0.1, 0.15) is 5.15 Å². The molecule has 2 N–H and O–H groups in total. The maximum atomic E-state index is 5.80. The molecule has 3 rings (SSSR count). The van der Waals surface area contributed by atoms with Crippen molar-refractivity contribution >= 4 is 41.5 Å². The molecule has 134 valence electrons. The largest absolute Gasteiger partial charge is 0.356 e. The van der Waals surface area contributed by atoms with Crippen molar-refractivity contribution in [2.75, 3.05) is 13.6 Å². The molecule has 2 aromatic rings. The summed E-state index contributed by atoms with van der Waals surface area (Å²) in [4.78, 5) is 8.42. The van der Waals surface area contributed by atoms with Crippen LogP contribution in [0.15, 0.2) is 47.6 Å². The first-order chi connectivity index (χ1) is 11.7. The number of pyridine rings is 1. The van der Waals surface area contributed by atoms with Crippen molar-refractivity contribution in [1.82, 2.24) is 15.6 Å². The highest BCUT2D eigenvalue weighted by Gasteiger charge is 2.39. The number of guanidine groups is 1. The Labute approximate surface area is 171 Å². The van der Waals surface area contributed by atoms with Gasteiger partial charge in [0.25, 0.3) is 0 Å². The van der Waals surface area contributed by atoms with Crippen molar-refractivity contribution in [3.05, 3.63) is 64.4 Å². The quantitative estimate of drug-likeness (QED) is 0.301. The summed E-state index contributed by atoms with van der Waals surface area (Å²) in [6.45, 7) is 2.99. The Morgan fingerprint density at radius 2 is 2.08 bits per heavy atom. The van der Waals surface area contributed by atoms with Gasteiger partial charge in [0, 0.05) is 31.7 Å². The van der Waals surface area contributed by atoms with Crippen LogP contribution in [0.25, 0.3) is 0 Å². The van der Waals surface area contributed by atoms with Crippen LogP contribution in [-0.2, 0) is 6.42 Å². The lowest BCUT2D eigenvalue weighted by atomic mass is 10.0. The van der Waals surface area contributed by atoms with Crippen LogP contribution in [0.3, 0.4) is 0 Å². The van der Waals surface area contributed by atoms with Crippen LogP contribution >= 0.6 is 35.6 Å². The number of aryl methyl sites for hydroxylation is 1. The van der Waals surface area contributed by atoms with E-state index in [9.17, 15) is 0 Å². The Kier molecular flexibility index (Phi) is 7.50. The summed E-state index contributed by atoms with van der Waals surface area (Å²) in [6.07, 6.45) is 3.86. The van der Waals surface area contributed by atoms with Gasteiger partial charge in [0.2, 0.25) is 0 Å². The lowest BCUT2D eigenvalue weighted by molar-refractivity contribution is 0.778. The second-order valence-corrected chi connectivity index (χ2v) is 6.58. The van der Waals surface area contributed by atoms with Gasteiger partial charge in [-0.25, -0.2) is 4.98 Å². The third-order valence-corrected chi connectivity index (χ3v) is 4.64. The Morgan fingerprint density at radius 1 is 1.28 bits per heavy atom. The van der Waals surface area contributed by atoms with Crippen LogP contribution < -0.4 is 10.6 Å². The predicted molar refractivity (Wildman–Crippen MR) is 115 cm³/mol. The first-order valence-corrected chi connectivity index (χ1v) is 8.68. The SMILES string of the molecule is CN=C(NCCc1ccc(Cl)nc1)NC1CC1c1ccccc1C.I. The molecule has 0 amide bonds. The average Bonchev–Trinajstić information content (AvgIpc) is 3.35. The monoisotopic (exact) mass is 470 g/mol. The summed E-state index contributed by atoms with van der Waals surface area (Å²) in [5.41, 5.74) is 3.97. The molecular formula is C19H24ClIN4. The van der Waals surface area contributed by atoms with Crippen LogP contribution in [0.5, 0.6) is 0 Å². The Balaban J connectivity index is 0.00000225. The first kappa shape index (κ1) is 20.0. The number of aromatic nitrogens is 1. The molecule has 6 heteroatoms. The highest BCUT2D eigenvalue weighted by Crippen LogP contribution is 2.41. The molecule has 25 heavy (non-hydrogen) atoms. The molecule has 2 unspecified atom stereocenters. The topological polar surface area (TPSA) is 49.3 Å². The fraction of sp³-hybridized carbons (Fsp3) is 0.368. The number of rotatable bonds is 5. The Bertz CT molecular complexity index is 718. The molecule has 1 aromatic heterocycles. The van der Waals surface area contributed by atoms with Crippen LogP contribution in [0, 0.1) is 6.92 Å². The van der Waals surface area contributed by atoms with E-state index in [0.29, 0.717) is 17.1 Å². The summed E-state index contributed by atoms with van der Waals surface area (Å²) in [5, 5.41) is 7.41. The second-order valence-electron chi connectivity index (χ2n) is 6.19. The number of aliphatic imine (C=N–C) groups is 1. The number of hydrogen-bond donors (Lipinski definition) is 2. The van der Waals surface area contributed by atoms with E-state index in [0.717, 1.165) is 30.9 Å². The molecule has 0 radical (unpaired) electrons. The molecule has 1 aromatic carbocycles. The Hall–Kier alpha value is -1.34. The minimum atomic E-state index is 0. The standard InChI is InChI=1S/C19H23ClN4.HI/c1-13-5-3-4-6-15(13)16-11-17(16)24-19(21-2)22-10-9-14-7-8-18(20)23-12-14;/h3-8,12,16-17H,9-11H2,1-2H3,(H2,21,22,24);1H. The van der Waals surface area contributed by atoms with Crippen molar-refractivity contribution in [2.45, 2.75) is 31.7 Å². The van der Waals surface area contributed by atoms with E-state index < -0.39 is 0 Å². The van der Waals surface area contributed by atoms with E-state index >= 15 is 0 Å².